The average molecular weight is 519 g/mol. The molecule has 192 valence electrons. The largest absolute Gasteiger partial charge is 0.352 e. The molecule has 0 unspecified atom stereocenters. The van der Waals surface area contributed by atoms with Gasteiger partial charge in [-0.3, -0.25) is 14.3 Å². The Bertz CT molecular complexity index is 1580. The smallest absolute Gasteiger partial charge is 0.343 e. The first-order chi connectivity index (χ1) is 17.8. The number of carbonyl (C=O) groups excluding carboxylic acids is 1. The summed E-state index contributed by atoms with van der Waals surface area (Å²) in [6.45, 7) is 4.16. The van der Waals surface area contributed by atoms with Gasteiger partial charge in [-0.2, -0.15) is 3.97 Å². The molecule has 0 saturated carbocycles. The molecule has 1 fully saturated rings. The Morgan fingerprint density at radius 3 is 2.30 bits per heavy atom. The average Bonchev–Trinajstić information content (AvgIpc) is 3.17. The molecule has 1 amide bonds. The van der Waals surface area contributed by atoms with E-state index in [1.807, 2.05) is 18.2 Å². The van der Waals surface area contributed by atoms with Gasteiger partial charge in [-0.05, 0) is 55.2 Å². The number of para-hydroxylation sites is 2. The first-order valence-corrected chi connectivity index (χ1v) is 13.8. The number of aromatic nitrogens is 2. The van der Waals surface area contributed by atoms with E-state index >= 15 is 0 Å². The maximum Gasteiger partial charge on any atom is 0.343 e. The second-order valence-corrected chi connectivity index (χ2v) is 11.3. The van der Waals surface area contributed by atoms with E-state index in [1.54, 1.807) is 43.3 Å². The van der Waals surface area contributed by atoms with Gasteiger partial charge in [-0.1, -0.05) is 54.6 Å². The summed E-state index contributed by atoms with van der Waals surface area (Å²) in [5.41, 5.74) is 1.93. The van der Waals surface area contributed by atoms with Crippen LogP contribution in [-0.4, -0.2) is 46.9 Å². The topological polar surface area (TPSA) is 93.4 Å². The fraction of sp³-hybridized carbons (Fsp3) is 0.286. The molecule has 0 bridgehead atoms. The summed E-state index contributed by atoms with van der Waals surface area (Å²) in [4.78, 5) is 28.8. The third-order valence-electron chi connectivity index (χ3n) is 6.83. The summed E-state index contributed by atoms with van der Waals surface area (Å²) >= 11 is 0. The fourth-order valence-electron chi connectivity index (χ4n) is 4.94. The number of benzene rings is 3. The van der Waals surface area contributed by atoms with Gasteiger partial charge in [0.05, 0.1) is 15.9 Å². The van der Waals surface area contributed by atoms with Gasteiger partial charge in [-0.25, -0.2) is 13.2 Å². The molecule has 9 heteroatoms. The van der Waals surface area contributed by atoms with Crippen molar-refractivity contribution in [3.05, 3.63) is 100 Å². The van der Waals surface area contributed by atoms with Gasteiger partial charge in [0.15, 0.2) is 0 Å². The van der Waals surface area contributed by atoms with Crippen molar-refractivity contribution in [2.75, 3.05) is 13.1 Å². The molecule has 0 radical (unpaired) electrons. The molecule has 0 aliphatic carbocycles. The zero-order chi connectivity index (χ0) is 26.0. The molecule has 1 N–H and O–H groups in total. The Morgan fingerprint density at radius 2 is 1.59 bits per heavy atom. The normalized spacial score (nSPS) is 15.2. The SMILES string of the molecule is Cc1cccc(S(=O)(=O)n2c(=O)n(CC(=O)NC3CCN(Cc4ccccc4)CC3)c3ccccc32)c1. The van der Waals surface area contributed by atoms with Crippen LogP contribution in [0.15, 0.2) is 88.6 Å². The highest BCUT2D eigenvalue weighted by molar-refractivity contribution is 7.90. The predicted octanol–water partition coefficient (Wildman–Crippen LogP) is 3.13. The van der Waals surface area contributed by atoms with E-state index in [0.717, 1.165) is 42.0 Å². The van der Waals surface area contributed by atoms with Crippen molar-refractivity contribution in [1.29, 1.82) is 0 Å². The molecule has 4 aromatic rings. The van der Waals surface area contributed by atoms with E-state index in [4.69, 9.17) is 0 Å². The minimum Gasteiger partial charge on any atom is -0.352 e. The Balaban J connectivity index is 1.32. The van der Waals surface area contributed by atoms with Crippen LogP contribution in [0.25, 0.3) is 11.0 Å². The summed E-state index contributed by atoms with van der Waals surface area (Å²) in [6.07, 6.45) is 1.63. The minimum absolute atomic E-state index is 0.0135. The minimum atomic E-state index is -4.15. The molecule has 1 aliphatic heterocycles. The van der Waals surface area contributed by atoms with Crippen molar-refractivity contribution in [2.45, 2.75) is 43.8 Å². The van der Waals surface area contributed by atoms with E-state index < -0.39 is 15.7 Å². The Morgan fingerprint density at radius 1 is 0.919 bits per heavy atom. The molecule has 1 saturated heterocycles. The monoisotopic (exact) mass is 518 g/mol. The molecule has 1 aromatic heterocycles. The highest BCUT2D eigenvalue weighted by Gasteiger charge is 2.27. The molecule has 1 aliphatic rings. The second-order valence-electron chi connectivity index (χ2n) is 9.55. The lowest BCUT2D eigenvalue weighted by atomic mass is 10.0. The van der Waals surface area contributed by atoms with Gasteiger partial charge >= 0.3 is 5.69 Å². The molecule has 37 heavy (non-hydrogen) atoms. The highest BCUT2D eigenvalue weighted by Crippen LogP contribution is 2.21. The fourth-order valence-corrected chi connectivity index (χ4v) is 6.45. The van der Waals surface area contributed by atoms with E-state index in [2.05, 4.69) is 22.3 Å². The molecule has 0 atom stereocenters. The number of likely N-dealkylation sites (tertiary alicyclic amines) is 1. The van der Waals surface area contributed by atoms with Gasteiger partial charge in [0, 0.05) is 25.7 Å². The van der Waals surface area contributed by atoms with Crippen LogP contribution < -0.4 is 11.0 Å². The predicted molar refractivity (Wildman–Crippen MR) is 143 cm³/mol. The lowest BCUT2D eigenvalue weighted by Gasteiger charge is -2.32. The van der Waals surface area contributed by atoms with Crippen LogP contribution in [0.1, 0.15) is 24.0 Å². The molecule has 5 rings (SSSR count). The summed E-state index contributed by atoms with van der Waals surface area (Å²) in [5, 5.41) is 3.05. The number of fused-ring (bicyclic) bond motifs is 1. The number of hydrogen-bond acceptors (Lipinski definition) is 5. The van der Waals surface area contributed by atoms with Gasteiger partial charge in [-0.15, -0.1) is 0 Å². The van der Waals surface area contributed by atoms with Crippen LogP contribution in [-0.2, 0) is 27.9 Å². The first kappa shape index (κ1) is 25.0. The number of nitrogens with one attached hydrogen (secondary N) is 1. The standard InChI is InChI=1S/C28H30N4O4S/c1-21-8-7-11-24(18-21)37(35,36)32-26-13-6-5-12-25(26)31(28(32)34)20-27(33)29-23-14-16-30(17-15-23)19-22-9-3-2-4-10-22/h2-13,18,23H,14-17,19-20H2,1H3,(H,29,33). The molecule has 2 heterocycles. The van der Waals surface area contributed by atoms with Gasteiger partial charge in [0.2, 0.25) is 5.91 Å². The number of aryl methyl sites for hydroxylation is 1. The third-order valence-corrected chi connectivity index (χ3v) is 8.51. The lowest BCUT2D eigenvalue weighted by Crippen LogP contribution is -2.45. The number of nitrogens with zero attached hydrogens (tertiary/aromatic N) is 3. The van der Waals surface area contributed by atoms with Crippen LogP contribution in [0.4, 0.5) is 0 Å². The van der Waals surface area contributed by atoms with E-state index in [0.29, 0.717) is 5.52 Å². The van der Waals surface area contributed by atoms with Crippen molar-refractivity contribution in [1.82, 2.24) is 18.8 Å². The maximum atomic E-state index is 13.4. The second kappa shape index (κ2) is 10.4. The number of hydrogen-bond donors (Lipinski definition) is 1. The number of carbonyl (C=O) groups is 1. The summed E-state index contributed by atoms with van der Waals surface area (Å²) in [6, 6.07) is 23.4. The Hall–Kier alpha value is -3.69. The Kier molecular flexibility index (Phi) is 6.99. The van der Waals surface area contributed by atoms with Gasteiger partial charge in [0.1, 0.15) is 6.54 Å². The summed E-state index contributed by atoms with van der Waals surface area (Å²) in [7, 11) is -4.15. The van der Waals surface area contributed by atoms with Gasteiger partial charge in [0.25, 0.3) is 10.0 Å². The van der Waals surface area contributed by atoms with Crippen LogP contribution in [0.5, 0.6) is 0 Å². The molecule has 0 spiro atoms. The number of rotatable bonds is 7. The zero-order valence-corrected chi connectivity index (χ0v) is 21.5. The van der Waals surface area contributed by atoms with E-state index in [-0.39, 0.29) is 28.9 Å². The molecular weight excluding hydrogens is 488 g/mol. The van der Waals surface area contributed by atoms with Crippen LogP contribution in [0.2, 0.25) is 0 Å². The number of imidazole rings is 1. The van der Waals surface area contributed by atoms with Crippen molar-refractivity contribution in [2.24, 2.45) is 0 Å². The van der Waals surface area contributed by atoms with Crippen molar-refractivity contribution in [3.63, 3.8) is 0 Å². The highest BCUT2D eigenvalue weighted by atomic mass is 32.2. The molecule has 3 aromatic carbocycles. The van der Waals surface area contributed by atoms with Crippen LogP contribution in [0.3, 0.4) is 0 Å². The van der Waals surface area contributed by atoms with Crippen molar-refractivity contribution >= 4 is 27.0 Å². The number of piperidine rings is 1. The van der Waals surface area contributed by atoms with Crippen LogP contribution >= 0.6 is 0 Å². The van der Waals surface area contributed by atoms with Crippen molar-refractivity contribution < 1.29 is 13.2 Å². The maximum absolute atomic E-state index is 13.4. The van der Waals surface area contributed by atoms with Crippen molar-refractivity contribution in [3.8, 4) is 0 Å². The summed E-state index contributed by atoms with van der Waals surface area (Å²) in [5.74, 6) is -0.306. The van der Waals surface area contributed by atoms with Gasteiger partial charge < -0.3 is 5.32 Å². The van der Waals surface area contributed by atoms with E-state index in [1.165, 1.54) is 22.3 Å². The summed E-state index contributed by atoms with van der Waals surface area (Å²) < 4.78 is 28.9. The lowest BCUT2D eigenvalue weighted by molar-refractivity contribution is -0.122. The third kappa shape index (κ3) is 5.23. The van der Waals surface area contributed by atoms with E-state index in [9.17, 15) is 18.0 Å². The first-order valence-electron chi connectivity index (χ1n) is 12.4. The zero-order valence-electron chi connectivity index (χ0n) is 20.7. The number of amides is 1. The van der Waals surface area contributed by atoms with Crippen LogP contribution in [0, 0.1) is 6.92 Å². The Labute approximate surface area is 216 Å². The molecular formula is C28H30N4O4S. The quantitative estimate of drug-likeness (QED) is 0.406. The molecule has 8 nitrogen and oxygen atoms in total.